The van der Waals surface area contributed by atoms with Crippen LogP contribution in [0.25, 0.3) is 21.9 Å². The lowest BCUT2D eigenvalue weighted by Gasteiger charge is -2.37. The van der Waals surface area contributed by atoms with Crippen LogP contribution in [0.1, 0.15) is 49.5 Å². The molecule has 29 heavy (non-hydrogen) atoms. The average Bonchev–Trinajstić information content (AvgIpc) is 3.22. The smallest absolute Gasteiger partial charge is 0.331 e. The van der Waals surface area contributed by atoms with E-state index in [1.807, 2.05) is 31.2 Å². The van der Waals surface area contributed by atoms with Crippen molar-refractivity contribution in [2.24, 2.45) is 17.8 Å². The van der Waals surface area contributed by atoms with Crippen molar-refractivity contribution in [2.75, 3.05) is 0 Å². The first-order valence-electron chi connectivity index (χ1n) is 10.1. The Morgan fingerprint density at radius 1 is 1.21 bits per heavy atom. The summed E-state index contributed by atoms with van der Waals surface area (Å²) in [4.78, 5) is 21.2. The predicted octanol–water partition coefficient (Wildman–Crippen LogP) is 5.42. The molecule has 2 atom stereocenters. The number of hydrogen-bond acceptors (Lipinski definition) is 3. The first-order valence-corrected chi connectivity index (χ1v) is 10.1. The molecular formula is C23H26N4O2. The lowest BCUT2D eigenvalue weighted by molar-refractivity contribution is -0.0249. The van der Waals surface area contributed by atoms with E-state index in [9.17, 15) is 4.79 Å². The Morgan fingerprint density at radius 3 is 2.48 bits per heavy atom. The molecule has 2 aromatic heterocycles. The van der Waals surface area contributed by atoms with Crippen LogP contribution in [0.2, 0.25) is 0 Å². The maximum atomic E-state index is 13.1. The Morgan fingerprint density at radius 2 is 1.86 bits per heavy atom. The fourth-order valence-electron chi connectivity index (χ4n) is 4.65. The van der Waals surface area contributed by atoms with Gasteiger partial charge in [0.2, 0.25) is 5.69 Å². The largest absolute Gasteiger partial charge is 0.459 e. The fraction of sp³-hybridized carbons (Fsp3) is 0.435. The van der Waals surface area contributed by atoms with Crippen LogP contribution in [0.15, 0.2) is 30.5 Å². The summed E-state index contributed by atoms with van der Waals surface area (Å²) in [6, 6.07) is 7.99. The van der Waals surface area contributed by atoms with E-state index in [4.69, 9.17) is 11.3 Å². The third-order valence-corrected chi connectivity index (χ3v) is 5.97. The molecule has 1 aliphatic carbocycles. The number of rotatable bonds is 3. The number of benzene rings is 1. The summed E-state index contributed by atoms with van der Waals surface area (Å²) in [6.07, 6.45) is 3.56. The number of nitrogens with one attached hydrogen (secondary N) is 1. The van der Waals surface area contributed by atoms with Gasteiger partial charge in [-0.1, -0.05) is 50.6 Å². The van der Waals surface area contributed by atoms with Crippen LogP contribution < -0.4 is 0 Å². The quantitative estimate of drug-likeness (QED) is 0.480. The normalized spacial score (nSPS) is 24.4. The number of H-pyrrole nitrogens is 1. The standard InChI is InChI=1S/C23H26N4O2/c1-13-6-8-17(9-7-13)21-25-22-19(18(24-5)12-27(22)26-21)23(28)29-20-15(3)10-14(2)11-16(20)4/h6-9,12,14-16,20H,10-11H2,1-4H3,(H,25,26). The predicted molar refractivity (Wildman–Crippen MR) is 112 cm³/mol. The van der Waals surface area contributed by atoms with E-state index in [2.05, 4.69) is 35.7 Å². The second-order valence-electron chi connectivity index (χ2n) is 8.53. The van der Waals surface area contributed by atoms with Crippen molar-refractivity contribution in [3.8, 4) is 11.4 Å². The molecule has 3 aromatic rings. The summed E-state index contributed by atoms with van der Waals surface area (Å²) < 4.78 is 7.57. The van der Waals surface area contributed by atoms with Crippen molar-refractivity contribution in [3.05, 3.63) is 53.0 Å². The number of aromatic nitrogens is 3. The van der Waals surface area contributed by atoms with E-state index < -0.39 is 5.97 Å². The minimum Gasteiger partial charge on any atom is -0.459 e. The molecule has 2 unspecified atom stereocenters. The molecule has 1 saturated carbocycles. The van der Waals surface area contributed by atoms with E-state index in [-0.39, 0.29) is 17.4 Å². The topological polar surface area (TPSA) is 63.8 Å². The summed E-state index contributed by atoms with van der Waals surface area (Å²) in [5.41, 5.74) is 3.02. The van der Waals surface area contributed by atoms with Gasteiger partial charge in [0.25, 0.3) is 0 Å². The van der Waals surface area contributed by atoms with E-state index in [0.717, 1.165) is 24.0 Å². The summed E-state index contributed by atoms with van der Waals surface area (Å²) in [5, 5.41) is 3.16. The molecule has 1 fully saturated rings. The van der Waals surface area contributed by atoms with Gasteiger partial charge >= 0.3 is 5.97 Å². The van der Waals surface area contributed by atoms with Crippen molar-refractivity contribution >= 4 is 17.3 Å². The molecule has 1 N–H and O–H groups in total. The number of carbonyl (C=O) groups is 1. The molecule has 6 heteroatoms. The molecule has 4 rings (SSSR count). The highest BCUT2D eigenvalue weighted by molar-refractivity contribution is 6.03. The van der Waals surface area contributed by atoms with Gasteiger partial charge in [-0.05, 0) is 37.5 Å². The Kier molecular flexibility index (Phi) is 4.91. The van der Waals surface area contributed by atoms with Crippen molar-refractivity contribution in [1.29, 1.82) is 0 Å². The minimum atomic E-state index is -0.460. The zero-order chi connectivity index (χ0) is 20.7. The molecule has 2 heterocycles. The number of carbonyl (C=O) groups excluding carboxylic acids is 1. The van der Waals surface area contributed by atoms with E-state index in [1.165, 1.54) is 0 Å². The van der Waals surface area contributed by atoms with Crippen molar-refractivity contribution in [1.82, 2.24) is 14.6 Å². The number of fused-ring (bicyclic) bond motifs is 1. The van der Waals surface area contributed by atoms with Gasteiger partial charge in [0.1, 0.15) is 11.7 Å². The number of nitrogens with zero attached hydrogens (tertiary/aromatic N) is 3. The number of aromatic amines is 1. The van der Waals surface area contributed by atoms with Crippen LogP contribution in [0.4, 0.5) is 5.69 Å². The SMILES string of the molecule is [C-]#[N+]c1cn2[nH]c(-c3ccc(C)cc3)nc2c1C(=O)OC1C(C)CC(C)CC1C. The van der Waals surface area contributed by atoms with Gasteiger partial charge < -0.3 is 4.74 Å². The molecule has 0 amide bonds. The van der Waals surface area contributed by atoms with Gasteiger partial charge in [0.05, 0.1) is 6.57 Å². The highest BCUT2D eigenvalue weighted by Gasteiger charge is 2.35. The Labute approximate surface area is 170 Å². The third-order valence-electron chi connectivity index (χ3n) is 5.97. The van der Waals surface area contributed by atoms with Crippen molar-refractivity contribution in [2.45, 2.75) is 46.6 Å². The number of hydrogen-bond donors (Lipinski definition) is 1. The monoisotopic (exact) mass is 390 g/mol. The molecular weight excluding hydrogens is 364 g/mol. The molecule has 0 bridgehead atoms. The second-order valence-corrected chi connectivity index (χ2v) is 8.53. The van der Waals surface area contributed by atoms with Crippen LogP contribution >= 0.6 is 0 Å². The molecule has 0 aliphatic heterocycles. The first-order chi connectivity index (χ1) is 13.9. The summed E-state index contributed by atoms with van der Waals surface area (Å²) >= 11 is 0. The van der Waals surface area contributed by atoms with E-state index >= 15 is 0 Å². The molecule has 1 aromatic carbocycles. The third kappa shape index (κ3) is 3.53. The maximum absolute atomic E-state index is 13.1. The maximum Gasteiger partial charge on any atom is 0.331 e. The lowest BCUT2D eigenvalue weighted by atomic mass is 9.75. The number of ether oxygens (including phenoxy) is 1. The van der Waals surface area contributed by atoms with Crippen LogP contribution in [-0.4, -0.2) is 26.7 Å². The van der Waals surface area contributed by atoms with Crippen LogP contribution in [0.5, 0.6) is 0 Å². The first kappa shape index (κ1) is 19.3. The molecule has 1 aliphatic rings. The van der Waals surface area contributed by atoms with Gasteiger partial charge in [-0.3, -0.25) is 9.61 Å². The lowest BCUT2D eigenvalue weighted by Crippen LogP contribution is -2.37. The van der Waals surface area contributed by atoms with Gasteiger partial charge in [-0.25, -0.2) is 14.6 Å². The second kappa shape index (κ2) is 7.40. The highest BCUT2D eigenvalue weighted by atomic mass is 16.5. The van der Waals surface area contributed by atoms with E-state index in [1.54, 1.807) is 10.7 Å². The van der Waals surface area contributed by atoms with Gasteiger partial charge in [0.15, 0.2) is 11.5 Å². The zero-order valence-corrected chi connectivity index (χ0v) is 17.3. The summed E-state index contributed by atoms with van der Waals surface area (Å²) in [6.45, 7) is 16.0. The van der Waals surface area contributed by atoms with Gasteiger partial charge in [-0.15, -0.1) is 0 Å². The summed E-state index contributed by atoms with van der Waals surface area (Å²) in [7, 11) is 0. The Bertz CT molecular complexity index is 1070. The zero-order valence-electron chi connectivity index (χ0n) is 17.3. The molecule has 0 radical (unpaired) electrons. The van der Waals surface area contributed by atoms with E-state index in [0.29, 0.717) is 29.2 Å². The van der Waals surface area contributed by atoms with Gasteiger partial charge in [0, 0.05) is 11.8 Å². The van der Waals surface area contributed by atoms with Crippen molar-refractivity contribution in [3.63, 3.8) is 0 Å². The van der Waals surface area contributed by atoms with Crippen LogP contribution in [0.3, 0.4) is 0 Å². The Hall–Kier alpha value is -3.07. The van der Waals surface area contributed by atoms with Crippen LogP contribution in [-0.2, 0) is 4.74 Å². The average molecular weight is 390 g/mol. The minimum absolute atomic E-state index is 0.136. The molecule has 150 valence electrons. The van der Waals surface area contributed by atoms with Crippen molar-refractivity contribution < 1.29 is 9.53 Å². The molecule has 6 nitrogen and oxygen atoms in total. The molecule has 0 saturated heterocycles. The van der Waals surface area contributed by atoms with Crippen LogP contribution in [0, 0.1) is 31.2 Å². The number of esters is 1. The van der Waals surface area contributed by atoms with Gasteiger partial charge in [-0.2, -0.15) is 0 Å². The molecule has 0 spiro atoms. The summed E-state index contributed by atoms with van der Waals surface area (Å²) in [5.74, 6) is 1.43. The number of aryl methyl sites for hydroxylation is 1. The Balaban J connectivity index is 1.67. The highest BCUT2D eigenvalue weighted by Crippen LogP contribution is 2.36. The fourth-order valence-corrected chi connectivity index (χ4v) is 4.65.